The molecule has 2 amide bonds. The zero-order valence-corrected chi connectivity index (χ0v) is 40.9. The minimum atomic E-state index is -2.85. The van der Waals surface area contributed by atoms with E-state index in [0.717, 1.165) is 99.5 Å². The first-order valence-electron chi connectivity index (χ1n) is 22.9. The van der Waals surface area contributed by atoms with Crippen molar-refractivity contribution >= 4 is 91.0 Å². The standard InChI is InChI=1S/C48H56BrFN11O5P/c1-6-29-24-36(54-47-52-27-34(49)45(56-47)53-37-28-51-35-25-31(50)10-11-33(35)44(37)67(4,5)65)41(66-3)26-40(29)60-18-15-32(16-19-60)59-22-20-58(21-23-59)17-14-30-8-7-9-38-43(30)57(2)48(64)61(38)39-12-13-42(62)55-46(39)63/h7-11,24-28,32,39H,6,12-23H2,1-5H3,(H,55,62,63)(H2,52,53,54,56). The summed E-state index contributed by atoms with van der Waals surface area (Å²) >= 11 is 3.57. The highest BCUT2D eigenvalue weighted by Gasteiger charge is 2.33. The van der Waals surface area contributed by atoms with Crippen LogP contribution in [0.2, 0.25) is 0 Å². The second-order valence-electron chi connectivity index (χ2n) is 18.0. The summed E-state index contributed by atoms with van der Waals surface area (Å²) in [7, 11) is 0.566. The number of para-hydroxylation sites is 1. The number of hydrogen-bond acceptors (Lipinski definition) is 13. The Morgan fingerprint density at radius 1 is 0.925 bits per heavy atom. The highest BCUT2D eigenvalue weighted by molar-refractivity contribution is 9.10. The first-order chi connectivity index (χ1) is 32.2. The number of hydrogen-bond donors (Lipinski definition) is 3. The predicted octanol–water partition coefficient (Wildman–Crippen LogP) is 6.69. The number of benzene rings is 3. The highest BCUT2D eigenvalue weighted by atomic mass is 79.9. The number of rotatable bonds is 13. The number of anilines is 5. The van der Waals surface area contributed by atoms with Crippen molar-refractivity contribution in [1.29, 1.82) is 0 Å². The molecule has 3 fully saturated rings. The Balaban J connectivity index is 0.819. The van der Waals surface area contributed by atoms with E-state index in [1.165, 1.54) is 17.7 Å². The molecule has 3 saturated heterocycles. The summed E-state index contributed by atoms with van der Waals surface area (Å²) < 4.78 is 37.4. The molecule has 16 nitrogen and oxygen atoms in total. The van der Waals surface area contributed by atoms with Gasteiger partial charge >= 0.3 is 5.69 Å². The summed E-state index contributed by atoms with van der Waals surface area (Å²) in [6, 6.07) is 14.2. The number of carbonyl (C=O) groups excluding carboxylic acids is 2. The summed E-state index contributed by atoms with van der Waals surface area (Å²) in [5.41, 5.74) is 6.41. The van der Waals surface area contributed by atoms with Gasteiger partial charge in [0, 0.05) is 100 Å². The second-order valence-corrected chi connectivity index (χ2v) is 22.0. The van der Waals surface area contributed by atoms with E-state index < -0.39 is 24.9 Å². The quantitative estimate of drug-likeness (QED) is 0.0827. The lowest BCUT2D eigenvalue weighted by Crippen LogP contribution is -2.53. The molecule has 0 aliphatic carbocycles. The molecular formula is C48H56BrFN11O5P. The molecule has 352 valence electrons. The van der Waals surface area contributed by atoms with Crippen LogP contribution in [0.1, 0.15) is 49.8 Å². The topological polar surface area (TPSA) is 172 Å². The summed E-state index contributed by atoms with van der Waals surface area (Å²) in [5, 5.41) is 10.3. The Bertz CT molecular complexity index is 3000. The molecule has 0 radical (unpaired) electrons. The lowest BCUT2D eigenvalue weighted by Gasteiger charge is -2.43. The van der Waals surface area contributed by atoms with Crippen molar-refractivity contribution in [2.75, 3.05) is 81.8 Å². The van der Waals surface area contributed by atoms with Gasteiger partial charge in [-0.3, -0.25) is 33.9 Å². The molecule has 6 aromatic rings. The maximum atomic E-state index is 14.0. The third-order valence-electron chi connectivity index (χ3n) is 13.5. The molecule has 1 unspecified atom stereocenters. The number of imidazole rings is 1. The molecule has 67 heavy (non-hydrogen) atoms. The van der Waals surface area contributed by atoms with Gasteiger partial charge in [-0.1, -0.05) is 19.1 Å². The number of amides is 2. The van der Waals surface area contributed by atoms with Crippen LogP contribution in [-0.2, 0) is 34.0 Å². The van der Waals surface area contributed by atoms with E-state index in [1.807, 2.05) is 12.1 Å². The summed E-state index contributed by atoms with van der Waals surface area (Å²) in [5.74, 6) is 0.307. The largest absolute Gasteiger partial charge is 0.494 e. The first-order valence-corrected chi connectivity index (χ1v) is 26.2. The molecule has 3 aliphatic heterocycles. The molecular weight excluding hydrogens is 940 g/mol. The van der Waals surface area contributed by atoms with Crippen molar-refractivity contribution in [1.82, 2.24) is 39.2 Å². The van der Waals surface area contributed by atoms with Crippen molar-refractivity contribution in [2.45, 2.75) is 57.5 Å². The molecule has 19 heteroatoms. The van der Waals surface area contributed by atoms with E-state index in [1.54, 1.807) is 55.1 Å². The number of ether oxygens (including phenoxy) is 1. The SMILES string of the molecule is CCc1cc(Nc2ncc(Br)c(Nc3cnc4cc(F)ccc4c3P(C)(C)=O)n2)c(OC)cc1N1CCC(N2CCN(CCc3cccc4c3n(C)c(=O)n4C3CCC(=O)NC3=O)CC2)CC1. The Kier molecular flexibility index (Phi) is 13.3. The van der Waals surface area contributed by atoms with Gasteiger partial charge in [0.2, 0.25) is 17.8 Å². The van der Waals surface area contributed by atoms with Crippen LogP contribution in [0, 0.1) is 5.82 Å². The predicted molar refractivity (Wildman–Crippen MR) is 265 cm³/mol. The number of piperazine rings is 1. The van der Waals surface area contributed by atoms with Crippen LogP contribution in [0.5, 0.6) is 5.75 Å². The van der Waals surface area contributed by atoms with E-state index in [-0.39, 0.29) is 18.0 Å². The number of nitrogens with zero attached hydrogens (tertiary/aromatic N) is 8. The van der Waals surface area contributed by atoms with Gasteiger partial charge in [-0.05, 0) is 96.8 Å². The maximum absolute atomic E-state index is 14.0. The Hall–Kier alpha value is -5.68. The van der Waals surface area contributed by atoms with Gasteiger partial charge in [0.25, 0.3) is 0 Å². The normalized spacial score (nSPS) is 17.9. The highest BCUT2D eigenvalue weighted by Crippen LogP contribution is 2.42. The number of methoxy groups -OCH3 is 1. The fraction of sp³-hybridized carbons (Fsp3) is 0.417. The molecule has 3 aromatic carbocycles. The lowest BCUT2D eigenvalue weighted by atomic mass is 9.99. The van der Waals surface area contributed by atoms with Crippen molar-refractivity contribution in [3.63, 3.8) is 0 Å². The van der Waals surface area contributed by atoms with Gasteiger partial charge in [-0.15, -0.1) is 0 Å². The minimum Gasteiger partial charge on any atom is -0.494 e. The lowest BCUT2D eigenvalue weighted by molar-refractivity contribution is -0.135. The summed E-state index contributed by atoms with van der Waals surface area (Å²) in [6.07, 6.45) is 7.45. The third kappa shape index (κ3) is 9.45. The number of nitrogens with one attached hydrogen (secondary N) is 3. The maximum Gasteiger partial charge on any atom is 0.329 e. The number of piperidine rings is 2. The number of aromatic nitrogens is 5. The molecule has 3 aliphatic rings. The fourth-order valence-corrected chi connectivity index (χ4v) is 11.9. The Morgan fingerprint density at radius 3 is 2.42 bits per heavy atom. The van der Waals surface area contributed by atoms with Gasteiger partial charge in [-0.25, -0.2) is 14.2 Å². The van der Waals surface area contributed by atoms with Crippen molar-refractivity contribution in [3.05, 3.63) is 92.8 Å². The van der Waals surface area contributed by atoms with Crippen LogP contribution in [0.25, 0.3) is 21.9 Å². The Labute approximate surface area is 396 Å². The molecule has 6 heterocycles. The minimum absolute atomic E-state index is 0.213. The van der Waals surface area contributed by atoms with E-state index in [4.69, 9.17) is 9.72 Å². The third-order valence-corrected chi connectivity index (χ3v) is 15.6. The van der Waals surface area contributed by atoms with Crippen LogP contribution in [0.3, 0.4) is 0 Å². The Morgan fingerprint density at radius 2 is 1.70 bits per heavy atom. The average molecular weight is 997 g/mol. The summed E-state index contributed by atoms with van der Waals surface area (Å²) in [6.45, 7) is 12.2. The van der Waals surface area contributed by atoms with Gasteiger partial charge < -0.3 is 29.7 Å². The van der Waals surface area contributed by atoms with Crippen LogP contribution in [-0.4, -0.2) is 118 Å². The molecule has 1 atom stereocenters. The van der Waals surface area contributed by atoms with E-state index >= 15 is 0 Å². The zero-order chi connectivity index (χ0) is 47.1. The number of fused-ring (bicyclic) bond motifs is 2. The number of halogens is 2. The van der Waals surface area contributed by atoms with Gasteiger partial charge in [0.15, 0.2) is 0 Å². The number of imide groups is 1. The van der Waals surface area contributed by atoms with Gasteiger partial charge in [-0.2, -0.15) is 4.98 Å². The van der Waals surface area contributed by atoms with Crippen LogP contribution in [0.15, 0.2) is 70.2 Å². The fourth-order valence-electron chi connectivity index (χ4n) is 10.1. The molecule has 0 bridgehead atoms. The molecule has 3 aromatic heterocycles. The van der Waals surface area contributed by atoms with Gasteiger partial charge in [0.1, 0.15) is 30.6 Å². The molecule has 0 saturated carbocycles. The van der Waals surface area contributed by atoms with Crippen molar-refractivity contribution in [2.24, 2.45) is 7.05 Å². The number of aryl methyl sites for hydroxylation is 2. The van der Waals surface area contributed by atoms with Crippen molar-refractivity contribution in [3.8, 4) is 5.75 Å². The summed E-state index contributed by atoms with van der Waals surface area (Å²) in [4.78, 5) is 59.4. The van der Waals surface area contributed by atoms with Crippen molar-refractivity contribution < 1.29 is 23.3 Å². The zero-order valence-electron chi connectivity index (χ0n) is 38.4. The van der Waals surface area contributed by atoms with Crippen LogP contribution in [0.4, 0.5) is 33.2 Å². The first kappa shape index (κ1) is 46.4. The van der Waals surface area contributed by atoms with Gasteiger partial charge in [0.05, 0.1) is 45.7 Å². The molecule has 0 spiro atoms. The molecule has 9 rings (SSSR count). The second kappa shape index (κ2) is 19.1. The van der Waals surface area contributed by atoms with E-state index in [9.17, 15) is 23.3 Å². The monoisotopic (exact) mass is 995 g/mol. The smallest absolute Gasteiger partial charge is 0.329 e. The average Bonchev–Trinajstić information content (AvgIpc) is 3.57. The number of carbonyl (C=O) groups is 2. The van der Waals surface area contributed by atoms with E-state index in [0.29, 0.717) is 56.3 Å². The van der Waals surface area contributed by atoms with Crippen LogP contribution < -0.4 is 36.6 Å². The van der Waals surface area contributed by atoms with E-state index in [2.05, 4.69) is 81.7 Å². The molecule has 3 N–H and O–H groups in total. The van der Waals surface area contributed by atoms with Crippen LogP contribution >= 0.6 is 23.1 Å². The number of pyridine rings is 1.